The Hall–Kier alpha value is -2.45. The highest BCUT2D eigenvalue weighted by molar-refractivity contribution is 8.18. The van der Waals surface area contributed by atoms with Gasteiger partial charge < -0.3 is 4.74 Å². The SMILES string of the molecule is CCCN(CCC)Cc1ccc(C=N/N=C2/NC(=O)/C(=C\C(=O)OC)S2)cc1. The smallest absolute Gasteiger partial charge is 0.331 e. The number of ether oxygens (including phenoxy) is 1. The lowest BCUT2D eigenvalue weighted by atomic mass is 10.1. The fourth-order valence-corrected chi connectivity index (χ4v) is 3.40. The lowest BCUT2D eigenvalue weighted by Gasteiger charge is -2.20. The van der Waals surface area contributed by atoms with Crippen molar-refractivity contribution >= 4 is 35.0 Å². The van der Waals surface area contributed by atoms with E-state index >= 15 is 0 Å². The Kier molecular flexibility index (Phi) is 8.90. The van der Waals surface area contributed by atoms with Crippen LogP contribution in [0.15, 0.2) is 45.4 Å². The second-order valence-electron chi connectivity index (χ2n) is 6.26. The molecule has 1 heterocycles. The molecule has 1 N–H and O–H groups in total. The third-order valence-corrected chi connectivity index (χ3v) is 4.82. The number of carbonyl (C=O) groups excluding carboxylic acids is 2. The van der Waals surface area contributed by atoms with Crippen molar-refractivity contribution in [3.8, 4) is 0 Å². The van der Waals surface area contributed by atoms with Crippen molar-refractivity contribution in [2.45, 2.75) is 33.2 Å². The van der Waals surface area contributed by atoms with E-state index in [0.717, 1.165) is 55.9 Å². The second kappa shape index (κ2) is 11.4. The highest BCUT2D eigenvalue weighted by Gasteiger charge is 2.24. The molecule has 1 aliphatic rings. The first-order chi connectivity index (χ1) is 13.5. The van der Waals surface area contributed by atoms with E-state index in [1.54, 1.807) is 6.21 Å². The summed E-state index contributed by atoms with van der Waals surface area (Å²) in [5.41, 5.74) is 2.19. The van der Waals surface area contributed by atoms with Gasteiger partial charge >= 0.3 is 5.97 Å². The van der Waals surface area contributed by atoms with Crippen LogP contribution in [0.2, 0.25) is 0 Å². The van der Waals surface area contributed by atoms with Crippen molar-refractivity contribution in [2.75, 3.05) is 20.2 Å². The van der Waals surface area contributed by atoms with E-state index in [9.17, 15) is 9.59 Å². The number of amidine groups is 1. The van der Waals surface area contributed by atoms with Crippen LogP contribution in [0.25, 0.3) is 0 Å². The van der Waals surface area contributed by atoms with E-state index in [0.29, 0.717) is 5.17 Å². The largest absolute Gasteiger partial charge is 0.466 e. The summed E-state index contributed by atoms with van der Waals surface area (Å²) in [4.78, 5) is 25.6. The topological polar surface area (TPSA) is 83.4 Å². The minimum absolute atomic E-state index is 0.230. The zero-order valence-corrected chi connectivity index (χ0v) is 17.3. The first-order valence-corrected chi connectivity index (χ1v) is 10.1. The Morgan fingerprint density at radius 2 is 1.89 bits per heavy atom. The van der Waals surface area contributed by atoms with Crippen LogP contribution in [0, 0.1) is 0 Å². The summed E-state index contributed by atoms with van der Waals surface area (Å²) in [7, 11) is 1.26. The van der Waals surface area contributed by atoms with Crippen LogP contribution >= 0.6 is 11.8 Å². The molecule has 0 saturated carbocycles. The number of esters is 1. The third kappa shape index (κ3) is 6.94. The third-order valence-electron chi connectivity index (χ3n) is 3.92. The summed E-state index contributed by atoms with van der Waals surface area (Å²) in [6.45, 7) is 7.54. The summed E-state index contributed by atoms with van der Waals surface area (Å²) in [6.07, 6.45) is 5.05. The molecule has 0 radical (unpaired) electrons. The van der Waals surface area contributed by atoms with Crippen molar-refractivity contribution in [3.63, 3.8) is 0 Å². The Morgan fingerprint density at radius 1 is 1.21 bits per heavy atom. The number of nitrogens with zero attached hydrogens (tertiary/aromatic N) is 3. The first-order valence-electron chi connectivity index (χ1n) is 9.26. The summed E-state index contributed by atoms with van der Waals surface area (Å²) in [6, 6.07) is 8.18. The van der Waals surface area contributed by atoms with E-state index < -0.39 is 11.9 Å². The van der Waals surface area contributed by atoms with Crippen LogP contribution in [0.3, 0.4) is 0 Å². The van der Waals surface area contributed by atoms with Gasteiger partial charge in [-0.25, -0.2) is 4.79 Å². The maximum atomic E-state index is 11.7. The predicted molar refractivity (Wildman–Crippen MR) is 113 cm³/mol. The zero-order valence-electron chi connectivity index (χ0n) is 16.5. The van der Waals surface area contributed by atoms with Crippen molar-refractivity contribution in [1.82, 2.24) is 10.2 Å². The number of amides is 1. The molecular weight excluding hydrogens is 376 g/mol. The molecule has 1 saturated heterocycles. The zero-order chi connectivity index (χ0) is 20.4. The minimum atomic E-state index is -0.584. The lowest BCUT2D eigenvalue weighted by molar-refractivity contribution is -0.135. The molecule has 1 aromatic carbocycles. The molecule has 2 rings (SSSR count). The quantitative estimate of drug-likeness (QED) is 0.297. The molecule has 1 fully saturated rings. The van der Waals surface area contributed by atoms with Crippen LogP contribution in [0.4, 0.5) is 0 Å². The van der Waals surface area contributed by atoms with Gasteiger partial charge in [-0.05, 0) is 48.8 Å². The monoisotopic (exact) mass is 402 g/mol. The fourth-order valence-electron chi connectivity index (χ4n) is 2.66. The van der Waals surface area contributed by atoms with Gasteiger partial charge in [0.05, 0.1) is 18.2 Å². The first kappa shape index (κ1) is 21.8. The number of methoxy groups -OCH3 is 1. The molecule has 8 heteroatoms. The molecule has 7 nitrogen and oxygen atoms in total. The highest BCUT2D eigenvalue weighted by atomic mass is 32.2. The van der Waals surface area contributed by atoms with Gasteiger partial charge in [0, 0.05) is 12.6 Å². The highest BCUT2D eigenvalue weighted by Crippen LogP contribution is 2.23. The molecule has 1 amide bonds. The summed E-state index contributed by atoms with van der Waals surface area (Å²) in [5, 5.41) is 10.9. The number of hydrogen-bond donors (Lipinski definition) is 1. The molecule has 0 aliphatic carbocycles. The van der Waals surface area contributed by atoms with Gasteiger partial charge in [-0.3, -0.25) is 15.0 Å². The summed E-state index contributed by atoms with van der Waals surface area (Å²) >= 11 is 1.05. The number of benzene rings is 1. The standard InChI is InChI=1S/C20H26N4O3S/c1-4-10-24(11-5-2)14-16-8-6-15(7-9-16)13-21-23-20-22-19(26)17(28-20)12-18(25)27-3/h6-9,12-13H,4-5,10-11,14H2,1-3H3,(H,22,23,26)/b17-12+,21-13?. The Morgan fingerprint density at radius 3 is 2.50 bits per heavy atom. The van der Waals surface area contributed by atoms with E-state index in [-0.39, 0.29) is 4.91 Å². The van der Waals surface area contributed by atoms with Gasteiger partial charge in [-0.15, -0.1) is 5.10 Å². The lowest BCUT2D eigenvalue weighted by Crippen LogP contribution is -2.24. The Labute approximate surface area is 169 Å². The molecule has 0 spiro atoms. The summed E-state index contributed by atoms with van der Waals surface area (Å²) < 4.78 is 4.51. The predicted octanol–water partition coefficient (Wildman–Crippen LogP) is 2.92. The molecular formula is C20H26N4O3S. The number of hydrogen-bond acceptors (Lipinski definition) is 7. The maximum Gasteiger partial charge on any atom is 0.331 e. The van der Waals surface area contributed by atoms with Crippen molar-refractivity contribution in [3.05, 3.63) is 46.4 Å². The van der Waals surface area contributed by atoms with Gasteiger partial charge in [0.2, 0.25) is 0 Å². The molecule has 0 atom stereocenters. The number of carbonyl (C=O) groups is 2. The molecule has 0 bridgehead atoms. The van der Waals surface area contributed by atoms with E-state index in [4.69, 9.17) is 0 Å². The van der Waals surface area contributed by atoms with Crippen LogP contribution in [0.1, 0.15) is 37.8 Å². The van der Waals surface area contributed by atoms with Crippen LogP contribution < -0.4 is 5.32 Å². The van der Waals surface area contributed by atoms with E-state index in [1.165, 1.54) is 12.7 Å². The van der Waals surface area contributed by atoms with Gasteiger partial charge in [0.1, 0.15) is 0 Å². The molecule has 0 aromatic heterocycles. The molecule has 150 valence electrons. The molecule has 1 aromatic rings. The van der Waals surface area contributed by atoms with Gasteiger partial charge in [0.15, 0.2) is 5.17 Å². The average Bonchev–Trinajstić information content (AvgIpc) is 3.02. The number of nitrogens with one attached hydrogen (secondary N) is 1. The average molecular weight is 403 g/mol. The van der Waals surface area contributed by atoms with Gasteiger partial charge in [0.25, 0.3) is 5.91 Å². The van der Waals surface area contributed by atoms with E-state index in [1.807, 2.05) is 12.1 Å². The van der Waals surface area contributed by atoms with E-state index in [2.05, 4.69) is 51.1 Å². The van der Waals surface area contributed by atoms with Crippen LogP contribution in [0.5, 0.6) is 0 Å². The van der Waals surface area contributed by atoms with Gasteiger partial charge in [-0.1, -0.05) is 38.1 Å². The molecule has 0 unspecified atom stereocenters. The Bertz CT molecular complexity index is 766. The molecule has 1 aliphatic heterocycles. The van der Waals surface area contributed by atoms with Crippen molar-refractivity contribution < 1.29 is 14.3 Å². The van der Waals surface area contributed by atoms with Crippen LogP contribution in [-0.4, -0.2) is 48.4 Å². The number of thioether (sulfide) groups is 1. The Balaban J connectivity index is 1.94. The summed E-state index contributed by atoms with van der Waals surface area (Å²) in [5.74, 6) is -0.976. The molecule has 28 heavy (non-hydrogen) atoms. The number of rotatable bonds is 9. The van der Waals surface area contributed by atoms with Gasteiger partial charge in [-0.2, -0.15) is 5.10 Å². The maximum absolute atomic E-state index is 11.7. The second-order valence-corrected chi connectivity index (χ2v) is 7.29. The fraction of sp³-hybridized carbons (Fsp3) is 0.400. The van der Waals surface area contributed by atoms with Crippen molar-refractivity contribution in [1.29, 1.82) is 0 Å². The minimum Gasteiger partial charge on any atom is -0.466 e. The normalized spacial score (nSPS) is 17.1. The van der Waals surface area contributed by atoms with Crippen molar-refractivity contribution in [2.24, 2.45) is 10.2 Å². The van der Waals surface area contributed by atoms with Crippen LogP contribution in [-0.2, 0) is 20.9 Å².